The Kier molecular flexibility index (Phi) is 65.5. The molecule has 0 radical (unpaired) electrons. The van der Waals surface area contributed by atoms with Gasteiger partial charge >= 0.3 is 17.9 Å². The minimum Gasteiger partial charge on any atom is -0.462 e. The lowest BCUT2D eigenvalue weighted by atomic mass is 10.0. The van der Waals surface area contributed by atoms with Crippen molar-refractivity contribution in [2.45, 2.75) is 425 Å². The Bertz CT molecular complexity index is 1160. The van der Waals surface area contributed by atoms with Crippen LogP contribution in [0.5, 0.6) is 0 Å². The number of hydrogen-bond acceptors (Lipinski definition) is 6. The van der Waals surface area contributed by atoms with Crippen molar-refractivity contribution in [3.05, 3.63) is 0 Å². The van der Waals surface area contributed by atoms with Gasteiger partial charge in [-0.1, -0.05) is 380 Å². The summed E-state index contributed by atoms with van der Waals surface area (Å²) in [5.74, 6) is -0.838. The van der Waals surface area contributed by atoms with Crippen molar-refractivity contribution in [1.29, 1.82) is 0 Å². The van der Waals surface area contributed by atoms with Crippen molar-refractivity contribution >= 4 is 17.9 Å². The number of esters is 3. The first-order valence-corrected chi connectivity index (χ1v) is 35.5. The fraction of sp³-hybridized carbons (Fsp3) is 0.958. The molecule has 0 aromatic heterocycles. The summed E-state index contributed by atoms with van der Waals surface area (Å²) in [5.41, 5.74) is 0. The van der Waals surface area contributed by atoms with E-state index in [0.29, 0.717) is 19.3 Å². The second kappa shape index (κ2) is 66.9. The summed E-state index contributed by atoms with van der Waals surface area (Å²) >= 11 is 0. The first-order chi connectivity index (χ1) is 38.0. The monoisotopic (exact) mass is 1090 g/mol. The predicted molar refractivity (Wildman–Crippen MR) is 335 cm³/mol. The first-order valence-electron chi connectivity index (χ1n) is 35.5. The van der Waals surface area contributed by atoms with E-state index in [2.05, 4.69) is 20.8 Å². The van der Waals surface area contributed by atoms with E-state index in [0.717, 1.165) is 57.8 Å². The number of hydrogen-bond donors (Lipinski definition) is 0. The molecule has 0 spiro atoms. The largest absolute Gasteiger partial charge is 0.462 e. The summed E-state index contributed by atoms with van der Waals surface area (Å²) in [6.07, 6.45) is 79.1. The molecule has 6 heteroatoms. The van der Waals surface area contributed by atoms with Crippen molar-refractivity contribution in [3.8, 4) is 0 Å². The van der Waals surface area contributed by atoms with Crippen LogP contribution in [0.25, 0.3) is 0 Å². The van der Waals surface area contributed by atoms with Crippen LogP contribution in [-0.2, 0) is 28.6 Å². The van der Waals surface area contributed by atoms with Crippen LogP contribution in [-0.4, -0.2) is 37.2 Å². The minimum absolute atomic E-state index is 0.0617. The highest BCUT2D eigenvalue weighted by Gasteiger charge is 2.19. The van der Waals surface area contributed by atoms with E-state index < -0.39 is 6.10 Å². The molecule has 6 nitrogen and oxygen atoms in total. The van der Waals surface area contributed by atoms with Crippen molar-refractivity contribution < 1.29 is 28.6 Å². The smallest absolute Gasteiger partial charge is 0.306 e. The maximum Gasteiger partial charge on any atom is 0.306 e. The zero-order valence-electron chi connectivity index (χ0n) is 52.8. The summed E-state index contributed by atoms with van der Waals surface area (Å²) in [6, 6.07) is 0. The molecule has 0 saturated carbocycles. The quantitative estimate of drug-likeness (QED) is 0.0343. The molecule has 0 N–H and O–H groups in total. The van der Waals surface area contributed by atoms with Gasteiger partial charge in [-0.3, -0.25) is 14.4 Å². The highest BCUT2D eigenvalue weighted by molar-refractivity contribution is 5.71. The molecule has 1 atom stereocenters. The average molecular weight is 1090 g/mol. The van der Waals surface area contributed by atoms with Gasteiger partial charge in [0.25, 0.3) is 0 Å². The van der Waals surface area contributed by atoms with Crippen LogP contribution < -0.4 is 0 Å². The Morgan fingerprint density at radius 2 is 0.351 bits per heavy atom. The zero-order chi connectivity index (χ0) is 55.7. The number of ether oxygens (including phenoxy) is 3. The molecule has 77 heavy (non-hydrogen) atoms. The topological polar surface area (TPSA) is 78.9 Å². The Balaban J connectivity index is 3.88. The average Bonchev–Trinajstić information content (AvgIpc) is 3.43. The van der Waals surface area contributed by atoms with Crippen LogP contribution in [0, 0.1) is 0 Å². The maximum absolute atomic E-state index is 12.9. The lowest BCUT2D eigenvalue weighted by Crippen LogP contribution is -2.30. The Labute approximate surface area is 482 Å². The van der Waals surface area contributed by atoms with Crippen LogP contribution >= 0.6 is 0 Å². The molecule has 0 aromatic carbocycles. The highest BCUT2D eigenvalue weighted by atomic mass is 16.6. The van der Waals surface area contributed by atoms with Gasteiger partial charge in [0.15, 0.2) is 6.10 Å². The number of carbonyl (C=O) groups is 3. The summed E-state index contributed by atoms with van der Waals surface area (Å²) in [4.78, 5) is 38.1. The van der Waals surface area contributed by atoms with Gasteiger partial charge in [-0.25, -0.2) is 0 Å². The minimum atomic E-state index is -0.761. The number of rotatable bonds is 67. The molecule has 0 rings (SSSR count). The van der Waals surface area contributed by atoms with Gasteiger partial charge in [-0.15, -0.1) is 0 Å². The SMILES string of the molecule is CCCCCCCCCCCCCCCCCCCCCCCCCCCCCCCCCCCC(=O)OCC(COC(=O)CCCCCCCC)OC(=O)CCCCCCCCCCCCCCCCCCCCCC. The third kappa shape index (κ3) is 65.1. The summed E-state index contributed by atoms with van der Waals surface area (Å²) in [6.45, 7) is 6.67. The van der Waals surface area contributed by atoms with Gasteiger partial charge in [0.1, 0.15) is 13.2 Å². The van der Waals surface area contributed by atoms with Gasteiger partial charge in [0, 0.05) is 19.3 Å². The molecule has 0 fully saturated rings. The third-order valence-corrected chi connectivity index (χ3v) is 16.6. The molecule has 0 aromatic rings. The van der Waals surface area contributed by atoms with Gasteiger partial charge in [-0.05, 0) is 19.3 Å². The molecule has 0 heterocycles. The van der Waals surface area contributed by atoms with Crippen molar-refractivity contribution in [3.63, 3.8) is 0 Å². The second-order valence-electron chi connectivity index (χ2n) is 24.5. The van der Waals surface area contributed by atoms with Crippen molar-refractivity contribution in [2.24, 2.45) is 0 Å². The molecule has 458 valence electrons. The first kappa shape index (κ1) is 75.4. The van der Waals surface area contributed by atoms with Crippen molar-refractivity contribution in [1.82, 2.24) is 0 Å². The lowest BCUT2D eigenvalue weighted by molar-refractivity contribution is -0.167. The fourth-order valence-corrected chi connectivity index (χ4v) is 11.3. The van der Waals surface area contributed by atoms with E-state index >= 15 is 0 Å². The predicted octanol–water partition coefficient (Wildman–Crippen LogP) is 24.2. The Hall–Kier alpha value is -1.59. The van der Waals surface area contributed by atoms with Gasteiger partial charge in [0.2, 0.25) is 0 Å². The number of unbranched alkanes of at least 4 members (excludes halogenated alkanes) is 56. The van der Waals surface area contributed by atoms with E-state index in [9.17, 15) is 14.4 Å². The Morgan fingerprint density at radius 1 is 0.208 bits per heavy atom. The Morgan fingerprint density at radius 3 is 0.519 bits per heavy atom. The van der Waals surface area contributed by atoms with Crippen LogP contribution in [0.15, 0.2) is 0 Å². The number of carbonyl (C=O) groups excluding carboxylic acids is 3. The fourth-order valence-electron chi connectivity index (χ4n) is 11.3. The van der Waals surface area contributed by atoms with Crippen molar-refractivity contribution in [2.75, 3.05) is 13.2 Å². The molecule has 0 aliphatic heterocycles. The van der Waals surface area contributed by atoms with Crippen LogP contribution in [0.2, 0.25) is 0 Å². The van der Waals surface area contributed by atoms with Gasteiger partial charge in [-0.2, -0.15) is 0 Å². The molecular formula is C71H138O6. The highest BCUT2D eigenvalue weighted by Crippen LogP contribution is 2.20. The molecule has 0 amide bonds. The van der Waals surface area contributed by atoms with Crippen LogP contribution in [0.1, 0.15) is 419 Å². The van der Waals surface area contributed by atoms with E-state index in [4.69, 9.17) is 14.2 Å². The zero-order valence-corrected chi connectivity index (χ0v) is 52.8. The molecule has 0 aliphatic rings. The van der Waals surface area contributed by atoms with E-state index in [1.807, 2.05) is 0 Å². The molecular weight excluding hydrogens is 949 g/mol. The standard InChI is InChI=1S/C71H138O6/c1-4-7-10-13-16-18-20-22-24-26-28-30-31-32-33-34-35-36-37-38-39-40-41-42-44-45-47-49-51-53-55-58-61-64-70(73)76-67-68(66-75-69(72)63-60-57-15-12-9-6-3)77-71(74)65-62-59-56-54-52-50-48-46-43-29-27-25-23-21-19-17-14-11-8-5-2/h68H,4-67H2,1-3H3. The van der Waals surface area contributed by atoms with E-state index in [-0.39, 0.29) is 31.1 Å². The van der Waals surface area contributed by atoms with E-state index in [1.54, 1.807) is 0 Å². The second-order valence-corrected chi connectivity index (χ2v) is 24.5. The molecule has 0 bridgehead atoms. The van der Waals surface area contributed by atoms with Crippen LogP contribution in [0.4, 0.5) is 0 Å². The maximum atomic E-state index is 12.9. The van der Waals surface area contributed by atoms with Crippen LogP contribution in [0.3, 0.4) is 0 Å². The normalized spacial score (nSPS) is 11.9. The molecule has 0 saturated heterocycles. The third-order valence-electron chi connectivity index (χ3n) is 16.6. The summed E-state index contributed by atoms with van der Waals surface area (Å²) in [5, 5.41) is 0. The van der Waals surface area contributed by atoms with E-state index in [1.165, 1.54) is 321 Å². The summed E-state index contributed by atoms with van der Waals surface area (Å²) in [7, 11) is 0. The molecule has 1 unspecified atom stereocenters. The van der Waals surface area contributed by atoms with Gasteiger partial charge < -0.3 is 14.2 Å². The molecule has 0 aliphatic carbocycles. The summed E-state index contributed by atoms with van der Waals surface area (Å²) < 4.78 is 16.9. The lowest BCUT2D eigenvalue weighted by Gasteiger charge is -2.18. The van der Waals surface area contributed by atoms with Gasteiger partial charge in [0.05, 0.1) is 0 Å².